The van der Waals surface area contributed by atoms with Gasteiger partial charge in [-0.05, 0) is 37.8 Å². The standard InChI is InChI=1S/C16H22O5.C3H6O3/c17-9-2-1-8-15(19)13-6-5-7-14(12-13)16(20)21-11-4-3-10-18;4-2-1-3(5)6/h5-7,12,17-18H,1-4,8-11H2;4H,1-2H2,(H,5,6). The zero-order chi connectivity index (χ0) is 20.5. The van der Waals surface area contributed by atoms with E-state index in [-0.39, 0.29) is 38.6 Å². The number of carboxylic acids is 1. The Hall–Kier alpha value is -2.29. The van der Waals surface area contributed by atoms with E-state index < -0.39 is 11.9 Å². The molecule has 0 unspecified atom stereocenters. The zero-order valence-corrected chi connectivity index (χ0v) is 15.3. The SMILES string of the molecule is O=C(CCCCO)c1cccc(C(=O)OCCCCO)c1.O=C(O)CCO. The van der Waals surface area contributed by atoms with Crippen molar-refractivity contribution in [2.24, 2.45) is 0 Å². The molecule has 0 bridgehead atoms. The minimum absolute atomic E-state index is 0.0432. The van der Waals surface area contributed by atoms with Crippen LogP contribution >= 0.6 is 0 Å². The number of ether oxygens (including phenoxy) is 1. The van der Waals surface area contributed by atoms with Crippen molar-refractivity contribution in [2.75, 3.05) is 26.4 Å². The van der Waals surface area contributed by atoms with Crippen LogP contribution in [0.3, 0.4) is 0 Å². The summed E-state index contributed by atoms with van der Waals surface area (Å²) in [7, 11) is 0. The van der Waals surface area contributed by atoms with Crippen LogP contribution in [0.15, 0.2) is 24.3 Å². The second kappa shape index (κ2) is 15.9. The highest BCUT2D eigenvalue weighted by Crippen LogP contribution is 2.11. The molecule has 0 aromatic heterocycles. The minimum Gasteiger partial charge on any atom is -0.481 e. The summed E-state index contributed by atoms with van der Waals surface area (Å²) in [6.07, 6.45) is 2.64. The summed E-state index contributed by atoms with van der Waals surface area (Å²) < 4.78 is 5.07. The number of aliphatic hydroxyl groups is 3. The number of unbranched alkanes of at least 4 members (excludes halogenated alkanes) is 2. The highest BCUT2D eigenvalue weighted by atomic mass is 16.5. The van der Waals surface area contributed by atoms with Gasteiger partial charge in [-0.2, -0.15) is 0 Å². The first-order valence-electron chi connectivity index (χ1n) is 8.81. The Kier molecular flexibility index (Phi) is 14.6. The zero-order valence-electron chi connectivity index (χ0n) is 15.3. The summed E-state index contributed by atoms with van der Waals surface area (Å²) in [5, 5.41) is 32.9. The summed E-state index contributed by atoms with van der Waals surface area (Å²) in [5.74, 6) is -1.46. The Morgan fingerprint density at radius 3 is 2.00 bits per heavy atom. The largest absolute Gasteiger partial charge is 0.481 e. The number of hydrogen-bond donors (Lipinski definition) is 4. The molecule has 152 valence electrons. The molecule has 4 N–H and O–H groups in total. The van der Waals surface area contributed by atoms with E-state index in [4.69, 9.17) is 25.2 Å². The lowest BCUT2D eigenvalue weighted by atomic mass is 10.0. The first kappa shape index (κ1) is 24.7. The van der Waals surface area contributed by atoms with Crippen LogP contribution in [0.25, 0.3) is 0 Å². The van der Waals surface area contributed by atoms with Crippen molar-refractivity contribution in [1.29, 1.82) is 0 Å². The normalized spacial score (nSPS) is 9.89. The van der Waals surface area contributed by atoms with Crippen molar-refractivity contribution >= 4 is 17.7 Å². The lowest BCUT2D eigenvalue weighted by Gasteiger charge is -2.06. The van der Waals surface area contributed by atoms with E-state index in [1.165, 1.54) is 6.07 Å². The van der Waals surface area contributed by atoms with Crippen LogP contribution in [0.5, 0.6) is 0 Å². The lowest BCUT2D eigenvalue weighted by molar-refractivity contribution is -0.137. The molecule has 0 aliphatic rings. The molecule has 8 heteroatoms. The molecule has 27 heavy (non-hydrogen) atoms. The van der Waals surface area contributed by atoms with Crippen molar-refractivity contribution in [3.05, 3.63) is 35.4 Å². The second-order valence-corrected chi connectivity index (χ2v) is 5.62. The van der Waals surface area contributed by atoms with Crippen molar-refractivity contribution in [2.45, 2.75) is 38.5 Å². The van der Waals surface area contributed by atoms with Crippen molar-refractivity contribution in [1.82, 2.24) is 0 Å². The van der Waals surface area contributed by atoms with Crippen LogP contribution in [0.4, 0.5) is 0 Å². The number of benzene rings is 1. The van der Waals surface area contributed by atoms with Gasteiger partial charge in [-0.1, -0.05) is 12.1 Å². The van der Waals surface area contributed by atoms with Crippen LogP contribution in [-0.4, -0.2) is 64.6 Å². The van der Waals surface area contributed by atoms with Gasteiger partial charge in [0.15, 0.2) is 5.78 Å². The van der Waals surface area contributed by atoms with Gasteiger partial charge < -0.3 is 25.2 Å². The molecule has 0 atom stereocenters. The molecule has 1 aromatic carbocycles. The van der Waals surface area contributed by atoms with Crippen LogP contribution in [0.1, 0.15) is 59.2 Å². The summed E-state index contributed by atoms with van der Waals surface area (Å²) in [6, 6.07) is 6.47. The number of carbonyl (C=O) groups excluding carboxylic acids is 2. The molecule has 0 aliphatic carbocycles. The van der Waals surface area contributed by atoms with Crippen LogP contribution < -0.4 is 0 Å². The maximum Gasteiger partial charge on any atom is 0.338 e. The van der Waals surface area contributed by atoms with E-state index in [2.05, 4.69) is 0 Å². The maximum absolute atomic E-state index is 11.9. The van der Waals surface area contributed by atoms with E-state index >= 15 is 0 Å². The number of esters is 1. The average Bonchev–Trinajstić information content (AvgIpc) is 2.65. The fourth-order valence-electron chi connectivity index (χ4n) is 1.92. The third-order valence-electron chi connectivity index (χ3n) is 3.34. The minimum atomic E-state index is -0.961. The fourth-order valence-corrected chi connectivity index (χ4v) is 1.92. The maximum atomic E-state index is 11.9. The summed E-state index contributed by atoms with van der Waals surface area (Å²) in [5.41, 5.74) is 0.838. The van der Waals surface area contributed by atoms with Crippen LogP contribution in [0, 0.1) is 0 Å². The van der Waals surface area contributed by atoms with E-state index in [1.54, 1.807) is 18.2 Å². The van der Waals surface area contributed by atoms with Gasteiger partial charge in [0, 0.05) is 25.2 Å². The Balaban J connectivity index is 0.000000972. The van der Waals surface area contributed by atoms with E-state index in [0.717, 1.165) is 0 Å². The van der Waals surface area contributed by atoms with Crippen molar-refractivity contribution in [3.8, 4) is 0 Å². The fraction of sp³-hybridized carbons (Fsp3) is 0.526. The molecule has 0 saturated carbocycles. The molecule has 0 spiro atoms. The van der Waals surface area contributed by atoms with Crippen molar-refractivity contribution < 1.29 is 39.5 Å². The highest BCUT2D eigenvalue weighted by molar-refractivity contribution is 5.99. The first-order valence-corrected chi connectivity index (χ1v) is 8.81. The predicted octanol–water partition coefficient (Wildman–Crippen LogP) is 1.41. The summed E-state index contributed by atoms with van der Waals surface area (Å²) in [6.45, 7) is 0.145. The molecule has 0 aliphatic heterocycles. The molecule has 0 radical (unpaired) electrons. The van der Waals surface area contributed by atoms with E-state index in [0.29, 0.717) is 43.2 Å². The van der Waals surface area contributed by atoms with Gasteiger partial charge in [0.05, 0.1) is 25.2 Å². The number of carbonyl (C=O) groups is 3. The molecule has 0 heterocycles. The number of carboxylic acid groups (broad SMARTS) is 1. The Morgan fingerprint density at radius 2 is 1.44 bits per heavy atom. The van der Waals surface area contributed by atoms with Gasteiger partial charge in [0.25, 0.3) is 0 Å². The number of aliphatic carboxylic acids is 1. The quantitative estimate of drug-likeness (QED) is 0.241. The third kappa shape index (κ3) is 12.7. The lowest BCUT2D eigenvalue weighted by Crippen LogP contribution is -2.08. The third-order valence-corrected chi connectivity index (χ3v) is 3.34. The summed E-state index contributed by atoms with van der Waals surface area (Å²) >= 11 is 0. The molecular weight excluding hydrogens is 356 g/mol. The van der Waals surface area contributed by atoms with Gasteiger partial charge in [-0.15, -0.1) is 0 Å². The smallest absolute Gasteiger partial charge is 0.338 e. The monoisotopic (exact) mass is 384 g/mol. The van der Waals surface area contributed by atoms with Crippen LogP contribution in [-0.2, 0) is 9.53 Å². The molecule has 0 amide bonds. The number of hydrogen-bond acceptors (Lipinski definition) is 7. The summed E-state index contributed by atoms with van der Waals surface area (Å²) in [4.78, 5) is 33.2. The van der Waals surface area contributed by atoms with Gasteiger partial charge in [-0.25, -0.2) is 4.79 Å². The topological polar surface area (TPSA) is 141 Å². The second-order valence-electron chi connectivity index (χ2n) is 5.62. The number of rotatable bonds is 12. The van der Waals surface area contributed by atoms with Gasteiger partial charge in [0.1, 0.15) is 0 Å². The van der Waals surface area contributed by atoms with Crippen LogP contribution in [0.2, 0.25) is 0 Å². The molecule has 1 aromatic rings. The Bertz CT molecular complexity index is 571. The van der Waals surface area contributed by atoms with Gasteiger partial charge in [0.2, 0.25) is 0 Å². The van der Waals surface area contributed by atoms with E-state index in [9.17, 15) is 14.4 Å². The Morgan fingerprint density at radius 1 is 0.815 bits per heavy atom. The molecule has 1 rings (SSSR count). The van der Waals surface area contributed by atoms with Crippen molar-refractivity contribution in [3.63, 3.8) is 0 Å². The van der Waals surface area contributed by atoms with Gasteiger partial charge in [-0.3, -0.25) is 9.59 Å². The number of ketones is 1. The average molecular weight is 384 g/mol. The Labute approximate surface area is 158 Å². The first-order chi connectivity index (χ1) is 13.0. The molecule has 8 nitrogen and oxygen atoms in total. The number of Topliss-reactive ketones (excluding diaryl/α,β-unsaturated/α-hetero) is 1. The van der Waals surface area contributed by atoms with Gasteiger partial charge >= 0.3 is 11.9 Å². The highest BCUT2D eigenvalue weighted by Gasteiger charge is 2.11. The molecule has 0 saturated heterocycles. The predicted molar refractivity (Wildman–Crippen MR) is 97.7 cm³/mol. The molecule has 0 fully saturated rings. The molecular formula is C19H28O8. The number of aliphatic hydroxyl groups excluding tert-OH is 3. The van der Waals surface area contributed by atoms with E-state index in [1.807, 2.05) is 0 Å².